The minimum absolute atomic E-state index is 0.0108. The lowest BCUT2D eigenvalue weighted by molar-refractivity contribution is -0.384. The van der Waals surface area contributed by atoms with Crippen molar-refractivity contribution in [1.82, 2.24) is 10.2 Å². The zero-order valence-electron chi connectivity index (χ0n) is 9.39. The molecule has 0 saturated carbocycles. The molecule has 0 aliphatic carbocycles. The Balaban J connectivity index is 2.12. The van der Waals surface area contributed by atoms with Gasteiger partial charge in [0.15, 0.2) is 5.69 Å². The van der Waals surface area contributed by atoms with Crippen molar-refractivity contribution in [2.24, 2.45) is 0 Å². The molecule has 0 fully saturated rings. The van der Waals surface area contributed by atoms with Gasteiger partial charge in [0.25, 0.3) is 5.69 Å². The molecule has 7 nitrogen and oxygen atoms in total. The lowest BCUT2D eigenvalue weighted by Crippen LogP contribution is -2.01. The fraction of sp³-hybridized carbons (Fsp3) is 0. The van der Waals surface area contributed by atoms with E-state index in [2.05, 4.69) is 10.2 Å². The van der Waals surface area contributed by atoms with E-state index in [9.17, 15) is 14.9 Å². The number of aromatic nitrogens is 2. The van der Waals surface area contributed by atoms with E-state index in [4.69, 9.17) is 5.11 Å². The second-order valence-corrected chi connectivity index (χ2v) is 4.51. The third-order valence-corrected chi connectivity index (χ3v) is 3.06. The number of rotatable bonds is 4. The summed E-state index contributed by atoms with van der Waals surface area (Å²) in [5.41, 5.74) is -0.121. The van der Waals surface area contributed by atoms with E-state index < -0.39 is 10.9 Å². The Bertz CT molecular complexity index is 557. The van der Waals surface area contributed by atoms with Crippen molar-refractivity contribution < 1.29 is 14.8 Å². The van der Waals surface area contributed by atoms with Crippen molar-refractivity contribution in [2.45, 2.75) is 9.92 Å². The van der Waals surface area contributed by atoms with E-state index in [1.54, 1.807) is 12.1 Å². The molecule has 0 spiro atoms. The minimum Gasteiger partial charge on any atom is -0.476 e. The predicted molar refractivity (Wildman–Crippen MR) is 66.2 cm³/mol. The van der Waals surface area contributed by atoms with Crippen LogP contribution in [0.1, 0.15) is 10.5 Å². The molecular weight excluding hydrogens is 270 g/mol. The van der Waals surface area contributed by atoms with Crippen LogP contribution in [0.3, 0.4) is 0 Å². The van der Waals surface area contributed by atoms with Gasteiger partial charge in [-0.15, -0.1) is 10.2 Å². The fourth-order valence-corrected chi connectivity index (χ4v) is 1.98. The molecule has 1 N–H and O–H groups in total. The van der Waals surface area contributed by atoms with Gasteiger partial charge in [0.2, 0.25) is 0 Å². The molecule has 1 heterocycles. The molecule has 0 saturated heterocycles. The molecule has 8 heteroatoms. The van der Waals surface area contributed by atoms with Crippen molar-refractivity contribution >= 4 is 23.4 Å². The van der Waals surface area contributed by atoms with Gasteiger partial charge in [-0.3, -0.25) is 10.1 Å². The molecule has 0 aliphatic heterocycles. The SMILES string of the molecule is O=C(O)c1ccc(Sc2ccc([N+](=O)[O-])cc2)nn1. The molecule has 0 radical (unpaired) electrons. The van der Waals surface area contributed by atoms with Crippen LogP contribution in [0.5, 0.6) is 0 Å². The van der Waals surface area contributed by atoms with Gasteiger partial charge in [0.1, 0.15) is 5.03 Å². The highest BCUT2D eigenvalue weighted by Crippen LogP contribution is 2.27. The number of benzene rings is 1. The Morgan fingerprint density at radius 2 is 1.84 bits per heavy atom. The lowest BCUT2D eigenvalue weighted by atomic mass is 10.3. The van der Waals surface area contributed by atoms with Gasteiger partial charge in [-0.25, -0.2) is 4.79 Å². The van der Waals surface area contributed by atoms with E-state index in [0.29, 0.717) is 5.03 Å². The highest BCUT2D eigenvalue weighted by atomic mass is 32.2. The maximum absolute atomic E-state index is 10.6. The monoisotopic (exact) mass is 277 g/mol. The molecule has 0 aliphatic rings. The summed E-state index contributed by atoms with van der Waals surface area (Å²) in [6.07, 6.45) is 0. The standard InChI is InChI=1S/C11H7N3O4S/c15-11(16)9-5-6-10(13-12-9)19-8-3-1-7(2-4-8)14(17)18/h1-6H,(H,15,16). The fourth-order valence-electron chi connectivity index (χ4n) is 1.25. The van der Waals surface area contributed by atoms with Gasteiger partial charge >= 0.3 is 5.97 Å². The minimum atomic E-state index is -1.14. The van der Waals surface area contributed by atoms with Crippen molar-refractivity contribution in [3.05, 3.63) is 52.2 Å². The molecule has 0 atom stereocenters. The van der Waals surface area contributed by atoms with Crippen LogP contribution in [-0.4, -0.2) is 26.2 Å². The predicted octanol–water partition coefficient (Wildman–Crippen LogP) is 2.23. The zero-order valence-corrected chi connectivity index (χ0v) is 10.2. The molecule has 2 aromatic rings. The summed E-state index contributed by atoms with van der Waals surface area (Å²) in [5.74, 6) is -1.14. The molecule has 1 aromatic heterocycles. The molecule has 0 bridgehead atoms. The van der Waals surface area contributed by atoms with E-state index in [-0.39, 0.29) is 11.4 Å². The number of nitrogens with zero attached hydrogens (tertiary/aromatic N) is 3. The average Bonchev–Trinajstić information content (AvgIpc) is 2.40. The van der Waals surface area contributed by atoms with Crippen molar-refractivity contribution in [2.75, 3.05) is 0 Å². The summed E-state index contributed by atoms with van der Waals surface area (Å²) in [7, 11) is 0. The molecule has 2 rings (SSSR count). The third-order valence-electron chi connectivity index (χ3n) is 2.13. The van der Waals surface area contributed by atoms with Gasteiger partial charge in [-0.1, -0.05) is 11.8 Å². The number of non-ortho nitro benzene ring substituents is 1. The summed E-state index contributed by atoms with van der Waals surface area (Å²) >= 11 is 1.24. The first-order valence-corrected chi connectivity index (χ1v) is 5.87. The molecular formula is C11H7N3O4S. The van der Waals surface area contributed by atoms with Gasteiger partial charge < -0.3 is 5.11 Å². The summed E-state index contributed by atoms with van der Waals surface area (Å²) in [4.78, 5) is 21.4. The van der Waals surface area contributed by atoms with Crippen molar-refractivity contribution in [3.63, 3.8) is 0 Å². The smallest absolute Gasteiger partial charge is 0.356 e. The van der Waals surface area contributed by atoms with Crippen LogP contribution in [0.25, 0.3) is 0 Å². The van der Waals surface area contributed by atoms with Gasteiger partial charge in [0, 0.05) is 17.0 Å². The van der Waals surface area contributed by atoms with E-state index in [1.807, 2.05) is 0 Å². The number of aromatic carboxylic acids is 1. The Morgan fingerprint density at radius 1 is 1.16 bits per heavy atom. The number of carbonyl (C=O) groups is 1. The lowest BCUT2D eigenvalue weighted by Gasteiger charge is -2.00. The molecule has 1 aromatic carbocycles. The summed E-state index contributed by atoms with van der Waals surface area (Å²) in [6.45, 7) is 0. The average molecular weight is 277 g/mol. The second-order valence-electron chi connectivity index (χ2n) is 3.42. The van der Waals surface area contributed by atoms with Gasteiger partial charge in [-0.05, 0) is 24.3 Å². The van der Waals surface area contributed by atoms with Crippen LogP contribution in [0, 0.1) is 10.1 Å². The molecule has 0 unspecified atom stereocenters. The topological polar surface area (TPSA) is 106 Å². The van der Waals surface area contributed by atoms with Crippen LogP contribution in [0.2, 0.25) is 0 Å². The van der Waals surface area contributed by atoms with Crippen molar-refractivity contribution in [1.29, 1.82) is 0 Å². The summed E-state index contributed by atoms with van der Waals surface area (Å²) in [5, 5.41) is 27.0. The number of carboxylic acid groups (broad SMARTS) is 1. The number of carboxylic acids is 1. The van der Waals surface area contributed by atoms with Crippen LogP contribution in [0.4, 0.5) is 5.69 Å². The van der Waals surface area contributed by atoms with Gasteiger partial charge in [0.05, 0.1) is 4.92 Å². The highest BCUT2D eigenvalue weighted by molar-refractivity contribution is 7.99. The Morgan fingerprint density at radius 3 is 2.32 bits per heavy atom. The highest BCUT2D eigenvalue weighted by Gasteiger charge is 2.08. The van der Waals surface area contributed by atoms with E-state index >= 15 is 0 Å². The normalized spacial score (nSPS) is 10.1. The van der Waals surface area contributed by atoms with E-state index in [1.165, 1.54) is 36.0 Å². The first kappa shape index (κ1) is 13.0. The molecule has 96 valence electrons. The first-order chi connectivity index (χ1) is 9.06. The third kappa shape index (κ3) is 3.26. The zero-order chi connectivity index (χ0) is 13.8. The molecule has 0 amide bonds. The maximum Gasteiger partial charge on any atom is 0.356 e. The van der Waals surface area contributed by atoms with Crippen LogP contribution in [-0.2, 0) is 0 Å². The van der Waals surface area contributed by atoms with Crippen LogP contribution >= 0.6 is 11.8 Å². The number of hydrogen-bond acceptors (Lipinski definition) is 6. The first-order valence-electron chi connectivity index (χ1n) is 5.05. The second kappa shape index (κ2) is 5.44. The Hall–Kier alpha value is -2.48. The van der Waals surface area contributed by atoms with Crippen molar-refractivity contribution in [3.8, 4) is 0 Å². The van der Waals surface area contributed by atoms with Crippen LogP contribution in [0.15, 0.2) is 46.3 Å². The molecule has 19 heavy (non-hydrogen) atoms. The van der Waals surface area contributed by atoms with E-state index in [0.717, 1.165) is 4.90 Å². The maximum atomic E-state index is 10.6. The number of nitro benzene ring substituents is 1. The Labute approximate surface area is 111 Å². The largest absolute Gasteiger partial charge is 0.476 e. The summed E-state index contributed by atoms with van der Waals surface area (Å²) < 4.78 is 0. The van der Waals surface area contributed by atoms with Gasteiger partial charge in [-0.2, -0.15) is 0 Å². The summed E-state index contributed by atoms with van der Waals surface area (Å²) in [6, 6.07) is 8.85. The number of nitro groups is 1. The number of hydrogen-bond donors (Lipinski definition) is 1. The Kier molecular flexibility index (Phi) is 3.71. The quantitative estimate of drug-likeness (QED) is 0.674. The van der Waals surface area contributed by atoms with Crippen LogP contribution < -0.4 is 0 Å².